The van der Waals surface area contributed by atoms with Crippen molar-refractivity contribution in [1.82, 2.24) is 19.8 Å². The number of ether oxygens (including phenoxy) is 1. The smallest absolute Gasteiger partial charge is 0.313 e. The predicted octanol–water partition coefficient (Wildman–Crippen LogP) is 3.55. The number of likely N-dealkylation sites (tertiary alicyclic amines) is 2. The Bertz CT molecular complexity index is 1400. The first kappa shape index (κ1) is 27.0. The Morgan fingerprint density at radius 1 is 1.13 bits per heavy atom. The number of nitrogens with two attached hydrogens (primary N) is 1. The van der Waals surface area contributed by atoms with Gasteiger partial charge in [0.1, 0.15) is 5.56 Å². The number of hydrogen-bond acceptors (Lipinski definition) is 8. The van der Waals surface area contributed by atoms with Crippen LogP contribution in [0.1, 0.15) is 65.5 Å². The van der Waals surface area contributed by atoms with Crippen molar-refractivity contribution in [2.75, 3.05) is 39.1 Å². The number of nitrogens with zero attached hydrogens (tertiary/aromatic N) is 4. The second kappa shape index (κ2) is 11.3. The molecule has 2 fully saturated rings. The molecule has 3 N–H and O–H groups in total. The number of carbonyl (C=O) groups excluding carboxylic acids is 3. The van der Waals surface area contributed by atoms with Gasteiger partial charge in [-0.15, -0.1) is 11.3 Å². The monoisotopic (exact) mass is 550 g/mol. The van der Waals surface area contributed by atoms with Crippen molar-refractivity contribution < 1.29 is 19.1 Å². The number of hydrogen-bond donors (Lipinski definition) is 2. The second-order valence-electron chi connectivity index (χ2n) is 10.6. The summed E-state index contributed by atoms with van der Waals surface area (Å²) in [5.74, 6) is -1.37. The molecule has 2 atom stereocenters. The van der Waals surface area contributed by atoms with Crippen LogP contribution in [0.5, 0.6) is 5.88 Å². The van der Waals surface area contributed by atoms with Crippen LogP contribution in [0.4, 0.5) is 5.69 Å². The van der Waals surface area contributed by atoms with Gasteiger partial charge in [-0.2, -0.15) is 0 Å². The molecule has 0 aliphatic carbocycles. The fraction of sp³-hybridized carbons (Fsp3) is 0.464. The normalized spacial score (nSPS) is 20.6. The van der Waals surface area contributed by atoms with Crippen LogP contribution in [-0.4, -0.2) is 71.3 Å². The minimum atomic E-state index is -0.796. The summed E-state index contributed by atoms with van der Waals surface area (Å²) in [4.78, 5) is 51.2. The number of anilines is 1. The van der Waals surface area contributed by atoms with E-state index < -0.39 is 17.7 Å². The molecule has 3 aromatic rings. The second-order valence-corrected chi connectivity index (χ2v) is 11.7. The van der Waals surface area contributed by atoms with Crippen LogP contribution in [0.15, 0.2) is 30.5 Å². The van der Waals surface area contributed by atoms with E-state index in [1.54, 1.807) is 16.2 Å². The lowest BCUT2D eigenvalue weighted by molar-refractivity contribution is -0.146. The molecule has 206 valence electrons. The lowest BCUT2D eigenvalue weighted by Crippen LogP contribution is -2.46. The van der Waals surface area contributed by atoms with Gasteiger partial charge in [-0.25, -0.2) is 9.97 Å². The molecule has 11 heteroatoms. The van der Waals surface area contributed by atoms with Gasteiger partial charge >= 0.3 is 11.8 Å². The first-order valence-corrected chi connectivity index (χ1v) is 14.1. The summed E-state index contributed by atoms with van der Waals surface area (Å²) < 4.78 is 6.19. The molecule has 0 spiro atoms. The van der Waals surface area contributed by atoms with E-state index >= 15 is 0 Å². The summed E-state index contributed by atoms with van der Waals surface area (Å²) >= 11 is 1.76. The molecule has 1 unspecified atom stereocenters. The van der Waals surface area contributed by atoms with Crippen molar-refractivity contribution >= 4 is 45.0 Å². The average molecular weight is 551 g/mol. The Morgan fingerprint density at radius 3 is 2.62 bits per heavy atom. The number of thiazole rings is 1. The maximum absolute atomic E-state index is 13.4. The van der Waals surface area contributed by atoms with Gasteiger partial charge < -0.3 is 25.6 Å². The molecule has 0 bridgehead atoms. The Kier molecular flexibility index (Phi) is 7.81. The number of amides is 3. The van der Waals surface area contributed by atoms with E-state index in [9.17, 15) is 14.4 Å². The van der Waals surface area contributed by atoms with Gasteiger partial charge in [0.2, 0.25) is 5.88 Å². The van der Waals surface area contributed by atoms with Crippen LogP contribution in [0.25, 0.3) is 10.2 Å². The third-order valence-corrected chi connectivity index (χ3v) is 8.92. The standard InChI is InChI=1S/C28H34N6O4S/c1-16-4-6-22(18-5-7-23-21(12-18)32-27(39-23)17-8-10-33(2)11-9-17)34(15-16)28(37)25(36)31-19-13-20(24(29)35)26(38-3)30-14-19/h5,7,12-14,16-17,22H,4,6,8-11,15H2,1-3H3,(H2,29,35)(H,31,36)/t16-,22?/m0/s1. The lowest BCUT2D eigenvalue weighted by Gasteiger charge is -2.38. The molecule has 0 radical (unpaired) electrons. The molecule has 4 heterocycles. The number of piperidine rings is 2. The van der Waals surface area contributed by atoms with Crippen molar-refractivity contribution in [1.29, 1.82) is 0 Å². The van der Waals surface area contributed by atoms with E-state index in [1.165, 1.54) is 24.4 Å². The summed E-state index contributed by atoms with van der Waals surface area (Å²) in [6.07, 6.45) is 5.27. The minimum Gasteiger partial charge on any atom is -0.480 e. The average Bonchev–Trinajstić information content (AvgIpc) is 3.36. The van der Waals surface area contributed by atoms with Gasteiger partial charge in [0.25, 0.3) is 5.91 Å². The van der Waals surface area contributed by atoms with Crippen LogP contribution < -0.4 is 15.8 Å². The maximum atomic E-state index is 13.4. The topological polar surface area (TPSA) is 131 Å². The maximum Gasteiger partial charge on any atom is 0.313 e. The Morgan fingerprint density at radius 2 is 1.90 bits per heavy atom. The molecule has 3 amide bonds. The van der Waals surface area contributed by atoms with Crippen LogP contribution in [-0.2, 0) is 9.59 Å². The van der Waals surface area contributed by atoms with E-state index in [-0.39, 0.29) is 29.1 Å². The van der Waals surface area contributed by atoms with Gasteiger partial charge in [-0.3, -0.25) is 14.4 Å². The SMILES string of the molecule is COc1ncc(NC(=O)C(=O)N2C[C@@H](C)CCC2c2ccc3sc(C4CCN(C)CC4)nc3c2)cc1C(N)=O. The lowest BCUT2D eigenvalue weighted by atomic mass is 9.89. The zero-order valence-electron chi connectivity index (χ0n) is 22.5. The molecular weight excluding hydrogens is 516 g/mol. The van der Waals surface area contributed by atoms with Crippen LogP contribution >= 0.6 is 11.3 Å². The highest BCUT2D eigenvalue weighted by molar-refractivity contribution is 7.18. The number of fused-ring (bicyclic) bond motifs is 1. The number of carbonyl (C=O) groups is 3. The number of benzene rings is 1. The first-order valence-electron chi connectivity index (χ1n) is 13.3. The largest absolute Gasteiger partial charge is 0.480 e. The fourth-order valence-corrected chi connectivity index (χ4v) is 6.61. The molecule has 5 rings (SSSR count). The highest BCUT2D eigenvalue weighted by Gasteiger charge is 2.35. The van der Waals surface area contributed by atoms with E-state index in [2.05, 4.69) is 47.4 Å². The predicted molar refractivity (Wildman–Crippen MR) is 150 cm³/mol. The summed E-state index contributed by atoms with van der Waals surface area (Å²) in [6.45, 7) is 4.72. The highest BCUT2D eigenvalue weighted by atomic mass is 32.1. The molecule has 2 saturated heterocycles. The zero-order valence-corrected chi connectivity index (χ0v) is 23.3. The number of aromatic nitrogens is 2. The Labute approximate surface area is 231 Å². The van der Waals surface area contributed by atoms with Gasteiger partial charge in [0.05, 0.1) is 40.3 Å². The highest BCUT2D eigenvalue weighted by Crippen LogP contribution is 2.38. The van der Waals surface area contributed by atoms with Gasteiger partial charge in [-0.05, 0) is 75.5 Å². The van der Waals surface area contributed by atoms with Crippen LogP contribution in [0.3, 0.4) is 0 Å². The first-order chi connectivity index (χ1) is 18.7. The number of pyridine rings is 1. The molecule has 2 aliphatic heterocycles. The molecular formula is C28H34N6O4S. The van der Waals surface area contributed by atoms with Crippen molar-refractivity contribution in [2.24, 2.45) is 11.7 Å². The summed E-state index contributed by atoms with van der Waals surface area (Å²) in [5, 5.41) is 3.76. The van der Waals surface area contributed by atoms with Crippen LogP contribution in [0.2, 0.25) is 0 Å². The Balaban J connectivity index is 1.36. The van der Waals surface area contributed by atoms with Gasteiger partial charge in [0.15, 0.2) is 0 Å². The molecule has 2 aliphatic rings. The van der Waals surface area contributed by atoms with E-state index in [0.29, 0.717) is 12.5 Å². The van der Waals surface area contributed by atoms with Crippen molar-refractivity contribution in [2.45, 2.75) is 44.6 Å². The van der Waals surface area contributed by atoms with Crippen molar-refractivity contribution in [3.63, 3.8) is 0 Å². The Hall–Kier alpha value is -3.57. The number of methoxy groups -OCH3 is 1. The van der Waals surface area contributed by atoms with Crippen molar-refractivity contribution in [3.8, 4) is 5.88 Å². The molecule has 10 nitrogen and oxygen atoms in total. The number of rotatable bonds is 5. The zero-order chi connectivity index (χ0) is 27.7. The third-order valence-electron chi connectivity index (χ3n) is 7.72. The molecule has 1 aromatic carbocycles. The quantitative estimate of drug-likeness (QED) is 0.465. The fourth-order valence-electron chi connectivity index (χ4n) is 5.50. The molecule has 0 saturated carbocycles. The number of nitrogens with one attached hydrogen (secondary N) is 1. The summed E-state index contributed by atoms with van der Waals surface area (Å²) in [6, 6.07) is 7.36. The van der Waals surface area contributed by atoms with E-state index in [1.807, 2.05) is 0 Å². The van der Waals surface area contributed by atoms with E-state index in [0.717, 1.165) is 54.6 Å². The molecule has 39 heavy (non-hydrogen) atoms. The van der Waals surface area contributed by atoms with Crippen molar-refractivity contribution in [3.05, 3.63) is 46.6 Å². The van der Waals surface area contributed by atoms with Crippen LogP contribution in [0, 0.1) is 5.92 Å². The molecule has 2 aromatic heterocycles. The summed E-state index contributed by atoms with van der Waals surface area (Å²) in [5.41, 5.74) is 7.54. The number of primary amides is 1. The van der Waals surface area contributed by atoms with Gasteiger partial charge in [0, 0.05) is 12.5 Å². The van der Waals surface area contributed by atoms with E-state index in [4.69, 9.17) is 15.5 Å². The third kappa shape index (κ3) is 5.74. The summed E-state index contributed by atoms with van der Waals surface area (Å²) in [7, 11) is 3.53. The minimum absolute atomic E-state index is 0.0170. The van der Waals surface area contributed by atoms with Gasteiger partial charge in [-0.1, -0.05) is 13.0 Å².